The Balaban J connectivity index is 1.49. The van der Waals surface area contributed by atoms with Gasteiger partial charge in [-0.3, -0.25) is 9.80 Å². The Bertz CT molecular complexity index is 277. The third-order valence-corrected chi connectivity index (χ3v) is 4.79. The van der Waals surface area contributed by atoms with Crippen molar-refractivity contribution >= 4 is 0 Å². The predicted molar refractivity (Wildman–Crippen MR) is 77.5 cm³/mol. The molecule has 1 N–H and O–H groups in total. The smallest absolute Gasteiger partial charge is 0.0829 e. The number of morpholine rings is 1. The Morgan fingerprint density at radius 2 is 2.16 bits per heavy atom. The summed E-state index contributed by atoms with van der Waals surface area (Å²) in [6.45, 7) is 10.1. The standard InChI is InChI=1S/C15H29N3O/c1-2-17-8-9-19-15(11-17)12-18(14-5-6-14)10-13-4-3-7-16-13/h13-16H,2-12H2,1H3. The maximum absolute atomic E-state index is 5.98. The van der Waals surface area contributed by atoms with E-state index in [1.54, 1.807) is 0 Å². The molecule has 0 radical (unpaired) electrons. The van der Waals surface area contributed by atoms with E-state index >= 15 is 0 Å². The van der Waals surface area contributed by atoms with Crippen LogP contribution in [0, 0.1) is 0 Å². The van der Waals surface area contributed by atoms with Crippen molar-refractivity contribution in [2.45, 2.75) is 50.8 Å². The Morgan fingerprint density at radius 1 is 1.26 bits per heavy atom. The van der Waals surface area contributed by atoms with Crippen LogP contribution in [0.3, 0.4) is 0 Å². The molecule has 3 aliphatic rings. The van der Waals surface area contributed by atoms with Crippen LogP contribution in [0.25, 0.3) is 0 Å². The van der Waals surface area contributed by atoms with Gasteiger partial charge in [-0.25, -0.2) is 0 Å². The minimum atomic E-state index is 0.427. The molecule has 1 aliphatic carbocycles. The lowest BCUT2D eigenvalue weighted by molar-refractivity contribution is -0.0436. The van der Waals surface area contributed by atoms with Crippen molar-refractivity contribution in [2.75, 3.05) is 45.9 Å². The van der Waals surface area contributed by atoms with Crippen molar-refractivity contribution < 1.29 is 4.74 Å². The van der Waals surface area contributed by atoms with Crippen LogP contribution in [0.2, 0.25) is 0 Å². The van der Waals surface area contributed by atoms with Gasteiger partial charge >= 0.3 is 0 Å². The van der Waals surface area contributed by atoms with Gasteiger partial charge in [0.2, 0.25) is 0 Å². The van der Waals surface area contributed by atoms with Crippen LogP contribution in [0.15, 0.2) is 0 Å². The van der Waals surface area contributed by atoms with Crippen LogP contribution in [0.4, 0.5) is 0 Å². The molecule has 3 rings (SSSR count). The minimum absolute atomic E-state index is 0.427. The lowest BCUT2D eigenvalue weighted by Gasteiger charge is -2.36. The second-order valence-corrected chi connectivity index (χ2v) is 6.36. The first-order chi connectivity index (χ1) is 9.35. The van der Waals surface area contributed by atoms with Gasteiger partial charge in [-0.05, 0) is 38.8 Å². The highest BCUT2D eigenvalue weighted by molar-refractivity contribution is 4.90. The summed E-state index contributed by atoms with van der Waals surface area (Å²) >= 11 is 0. The fourth-order valence-corrected chi connectivity index (χ4v) is 3.45. The van der Waals surface area contributed by atoms with E-state index in [1.807, 2.05) is 0 Å². The van der Waals surface area contributed by atoms with Crippen molar-refractivity contribution in [1.82, 2.24) is 15.1 Å². The molecule has 4 nitrogen and oxygen atoms in total. The third kappa shape index (κ3) is 3.91. The molecule has 4 heteroatoms. The number of ether oxygens (including phenoxy) is 1. The van der Waals surface area contributed by atoms with Gasteiger partial charge < -0.3 is 10.1 Å². The Labute approximate surface area is 117 Å². The van der Waals surface area contributed by atoms with Crippen molar-refractivity contribution in [1.29, 1.82) is 0 Å². The highest BCUT2D eigenvalue weighted by Gasteiger charge is 2.33. The summed E-state index contributed by atoms with van der Waals surface area (Å²) in [7, 11) is 0. The van der Waals surface area contributed by atoms with Gasteiger partial charge in [0.1, 0.15) is 0 Å². The summed E-state index contributed by atoms with van der Waals surface area (Å²) < 4.78 is 5.98. The molecule has 110 valence electrons. The zero-order valence-electron chi connectivity index (χ0n) is 12.3. The third-order valence-electron chi connectivity index (χ3n) is 4.79. The first kappa shape index (κ1) is 13.8. The fourth-order valence-electron chi connectivity index (χ4n) is 3.45. The molecule has 0 aromatic rings. The van der Waals surface area contributed by atoms with E-state index in [2.05, 4.69) is 22.0 Å². The SMILES string of the molecule is CCN1CCOC(CN(CC2CCCN2)C2CC2)C1. The molecule has 2 aliphatic heterocycles. The first-order valence-electron chi connectivity index (χ1n) is 8.16. The highest BCUT2D eigenvalue weighted by Crippen LogP contribution is 2.28. The summed E-state index contributed by atoms with van der Waals surface area (Å²) in [5.74, 6) is 0. The van der Waals surface area contributed by atoms with E-state index in [-0.39, 0.29) is 0 Å². The van der Waals surface area contributed by atoms with Gasteiger partial charge in [-0.15, -0.1) is 0 Å². The molecular weight excluding hydrogens is 238 g/mol. The number of nitrogens with one attached hydrogen (secondary N) is 1. The largest absolute Gasteiger partial charge is 0.374 e. The Kier molecular flexibility index (Phi) is 4.74. The van der Waals surface area contributed by atoms with Crippen LogP contribution in [0.1, 0.15) is 32.6 Å². The lowest BCUT2D eigenvalue weighted by Crippen LogP contribution is -2.49. The monoisotopic (exact) mass is 267 g/mol. The van der Waals surface area contributed by atoms with Gasteiger partial charge in [0.15, 0.2) is 0 Å². The molecule has 0 amide bonds. The van der Waals surface area contributed by atoms with E-state index in [9.17, 15) is 0 Å². The number of likely N-dealkylation sites (N-methyl/N-ethyl adjacent to an activating group) is 1. The van der Waals surface area contributed by atoms with Gasteiger partial charge in [0.25, 0.3) is 0 Å². The first-order valence-corrected chi connectivity index (χ1v) is 8.16. The lowest BCUT2D eigenvalue weighted by atomic mass is 10.2. The minimum Gasteiger partial charge on any atom is -0.374 e. The quantitative estimate of drug-likeness (QED) is 0.775. The zero-order chi connectivity index (χ0) is 13.1. The fraction of sp³-hybridized carbons (Fsp3) is 1.00. The van der Waals surface area contributed by atoms with Crippen LogP contribution < -0.4 is 5.32 Å². The van der Waals surface area contributed by atoms with E-state index in [0.717, 1.165) is 44.9 Å². The molecule has 2 atom stereocenters. The molecule has 2 unspecified atom stereocenters. The van der Waals surface area contributed by atoms with Crippen molar-refractivity contribution in [3.63, 3.8) is 0 Å². The molecule has 0 aromatic heterocycles. The normalized spacial score (nSPS) is 33.2. The van der Waals surface area contributed by atoms with Gasteiger partial charge in [0, 0.05) is 38.3 Å². The van der Waals surface area contributed by atoms with Crippen LogP contribution in [-0.4, -0.2) is 73.9 Å². The average molecular weight is 267 g/mol. The van der Waals surface area contributed by atoms with Crippen LogP contribution in [0.5, 0.6) is 0 Å². The van der Waals surface area contributed by atoms with Crippen LogP contribution >= 0.6 is 0 Å². The Morgan fingerprint density at radius 3 is 2.84 bits per heavy atom. The summed E-state index contributed by atoms with van der Waals surface area (Å²) in [6.07, 6.45) is 5.94. The molecule has 0 aromatic carbocycles. The maximum atomic E-state index is 5.98. The summed E-state index contributed by atoms with van der Waals surface area (Å²) in [4.78, 5) is 5.22. The van der Waals surface area contributed by atoms with E-state index in [0.29, 0.717) is 6.10 Å². The number of hydrogen-bond acceptors (Lipinski definition) is 4. The molecule has 3 fully saturated rings. The molecule has 2 heterocycles. The molecular formula is C15H29N3O. The van der Waals surface area contributed by atoms with E-state index in [4.69, 9.17) is 4.74 Å². The summed E-state index contributed by atoms with van der Waals surface area (Å²) in [5.41, 5.74) is 0. The van der Waals surface area contributed by atoms with Crippen LogP contribution in [-0.2, 0) is 4.74 Å². The second kappa shape index (κ2) is 6.53. The van der Waals surface area contributed by atoms with Crippen molar-refractivity contribution in [3.05, 3.63) is 0 Å². The van der Waals surface area contributed by atoms with E-state index in [1.165, 1.54) is 38.8 Å². The number of rotatable bonds is 6. The maximum Gasteiger partial charge on any atom is 0.0829 e. The van der Waals surface area contributed by atoms with Gasteiger partial charge in [-0.2, -0.15) is 0 Å². The number of hydrogen-bond donors (Lipinski definition) is 1. The van der Waals surface area contributed by atoms with Crippen molar-refractivity contribution in [2.24, 2.45) is 0 Å². The molecule has 1 saturated carbocycles. The van der Waals surface area contributed by atoms with E-state index < -0.39 is 0 Å². The molecule has 2 saturated heterocycles. The van der Waals surface area contributed by atoms with Gasteiger partial charge in [-0.1, -0.05) is 6.92 Å². The summed E-state index contributed by atoms with van der Waals surface area (Å²) in [5, 5.41) is 3.63. The van der Waals surface area contributed by atoms with Crippen molar-refractivity contribution in [3.8, 4) is 0 Å². The zero-order valence-corrected chi connectivity index (χ0v) is 12.3. The molecule has 0 spiro atoms. The predicted octanol–water partition coefficient (Wildman–Crippen LogP) is 0.924. The number of nitrogens with zero attached hydrogens (tertiary/aromatic N) is 2. The molecule has 19 heavy (non-hydrogen) atoms. The second-order valence-electron chi connectivity index (χ2n) is 6.36. The highest BCUT2D eigenvalue weighted by atomic mass is 16.5. The average Bonchev–Trinajstić information content (AvgIpc) is 3.17. The Hall–Kier alpha value is -0.160. The van der Waals surface area contributed by atoms with Gasteiger partial charge in [0.05, 0.1) is 12.7 Å². The molecule has 0 bridgehead atoms. The summed E-state index contributed by atoms with van der Waals surface area (Å²) in [6, 6.07) is 1.58. The topological polar surface area (TPSA) is 27.7 Å².